The summed E-state index contributed by atoms with van der Waals surface area (Å²) in [5.41, 5.74) is -0.465. The lowest BCUT2D eigenvalue weighted by atomic mass is 10.1. The Morgan fingerprint density at radius 2 is 1.79 bits per heavy atom. The molecule has 1 aliphatic rings. The highest BCUT2D eigenvalue weighted by atomic mass is 16.6. The molecule has 0 unspecified atom stereocenters. The molecule has 5 nitrogen and oxygen atoms in total. The molecule has 0 aromatic rings. The van der Waals surface area contributed by atoms with Gasteiger partial charge in [-0.15, -0.1) is 0 Å². The first kappa shape index (κ1) is 16.2. The van der Waals surface area contributed by atoms with Gasteiger partial charge in [0.25, 0.3) is 0 Å². The van der Waals surface area contributed by atoms with Gasteiger partial charge in [0.15, 0.2) is 0 Å². The molecule has 1 rings (SSSR count). The van der Waals surface area contributed by atoms with E-state index in [4.69, 9.17) is 4.74 Å². The van der Waals surface area contributed by atoms with Crippen LogP contribution in [-0.4, -0.2) is 64.4 Å². The fourth-order valence-electron chi connectivity index (χ4n) is 2.63. The van der Waals surface area contributed by atoms with Gasteiger partial charge < -0.3 is 14.7 Å². The van der Waals surface area contributed by atoms with E-state index in [-0.39, 0.29) is 24.3 Å². The van der Waals surface area contributed by atoms with Gasteiger partial charge in [-0.3, -0.25) is 4.90 Å². The van der Waals surface area contributed by atoms with Crippen molar-refractivity contribution in [2.75, 3.05) is 19.6 Å². The van der Waals surface area contributed by atoms with E-state index >= 15 is 0 Å². The van der Waals surface area contributed by atoms with E-state index in [1.165, 1.54) is 0 Å². The van der Waals surface area contributed by atoms with Gasteiger partial charge in [-0.25, -0.2) is 4.79 Å². The summed E-state index contributed by atoms with van der Waals surface area (Å²) in [6, 6.07) is 0.190. The monoisotopic (exact) mass is 272 g/mol. The number of ether oxygens (including phenoxy) is 1. The third-order valence-corrected chi connectivity index (χ3v) is 3.12. The lowest BCUT2D eigenvalue weighted by Gasteiger charge is -2.44. The summed E-state index contributed by atoms with van der Waals surface area (Å²) in [5, 5.41) is 9.46. The molecule has 1 amide bonds. The van der Waals surface area contributed by atoms with E-state index in [9.17, 15) is 9.90 Å². The second-order valence-electron chi connectivity index (χ2n) is 6.65. The number of β-amino-alcohol motifs (C(OH)–C–C–N with tert-alkyl or cyclic N) is 1. The number of hydrogen-bond donors (Lipinski definition) is 1. The van der Waals surface area contributed by atoms with Crippen molar-refractivity contribution in [3.63, 3.8) is 0 Å². The number of nitrogens with zero attached hydrogens (tertiary/aromatic N) is 2. The first-order chi connectivity index (χ1) is 8.60. The topological polar surface area (TPSA) is 53.0 Å². The molecule has 0 radical (unpaired) electrons. The number of piperazine rings is 1. The van der Waals surface area contributed by atoms with E-state index in [0.717, 1.165) is 13.1 Å². The van der Waals surface area contributed by atoms with Gasteiger partial charge >= 0.3 is 6.09 Å². The van der Waals surface area contributed by atoms with Crippen LogP contribution in [0.5, 0.6) is 0 Å². The molecule has 0 aromatic heterocycles. The van der Waals surface area contributed by atoms with E-state index in [1.54, 1.807) is 6.92 Å². The average Bonchev–Trinajstić information content (AvgIpc) is 2.10. The number of aliphatic hydroxyl groups is 1. The van der Waals surface area contributed by atoms with Gasteiger partial charge in [-0.05, 0) is 41.5 Å². The van der Waals surface area contributed by atoms with Crippen molar-refractivity contribution in [3.8, 4) is 0 Å². The van der Waals surface area contributed by atoms with Crippen molar-refractivity contribution in [2.24, 2.45) is 0 Å². The van der Waals surface area contributed by atoms with E-state index in [0.29, 0.717) is 6.54 Å². The van der Waals surface area contributed by atoms with Gasteiger partial charge in [0.05, 0.1) is 6.10 Å². The predicted octanol–water partition coefficient (Wildman–Crippen LogP) is 1.70. The fraction of sp³-hybridized carbons (Fsp3) is 0.929. The molecular formula is C14H28N2O3. The van der Waals surface area contributed by atoms with Crippen LogP contribution in [-0.2, 0) is 4.74 Å². The van der Waals surface area contributed by atoms with Crippen molar-refractivity contribution in [2.45, 2.75) is 65.3 Å². The number of hydrogen-bond acceptors (Lipinski definition) is 4. The zero-order valence-electron chi connectivity index (χ0n) is 13.0. The molecule has 5 heteroatoms. The first-order valence-electron chi connectivity index (χ1n) is 7.02. The minimum Gasteiger partial charge on any atom is -0.444 e. The van der Waals surface area contributed by atoms with E-state index < -0.39 is 5.60 Å². The number of carbonyl (C=O) groups is 1. The zero-order valence-corrected chi connectivity index (χ0v) is 13.0. The summed E-state index contributed by atoms with van der Waals surface area (Å²) in [6.45, 7) is 13.7. The highest BCUT2D eigenvalue weighted by Gasteiger charge is 2.35. The molecule has 1 saturated heterocycles. The SMILES string of the molecule is C[C@@H]1CN(C[C@@H](C)O)C[C@@H](C)N1C(=O)OC(C)(C)C. The van der Waals surface area contributed by atoms with Crippen LogP contribution in [0.15, 0.2) is 0 Å². The molecule has 0 bridgehead atoms. The van der Waals surface area contributed by atoms with Crippen LogP contribution < -0.4 is 0 Å². The quantitative estimate of drug-likeness (QED) is 0.831. The van der Waals surface area contributed by atoms with Crippen molar-refractivity contribution in [1.82, 2.24) is 9.80 Å². The normalized spacial score (nSPS) is 27.2. The van der Waals surface area contributed by atoms with Crippen LogP contribution in [0.1, 0.15) is 41.5 Å². The Morgan fingerprint density at radius 3 is 2.16 bits per heavy atom. The average molecular weight is 272 g/mol. The third-order valence-electron chi connectivity index (χ3n) is 3.12. The molecule has 0 aromatic carbocycles. The maximum atomic E-state index is 12.2. The number of aliphatic hydroxyl groups excluding tert-OH is 1. The molecule has 0 saturated carbocycles. The lowest BCUT2D eigenvalue weighted by Crippen LogP contribution is -2.60. The molecular weight excluding hydrogens is 244 g/mol. The van der Waals surface area contributed by atoms with Gasteiger partial charge in [-0.1, -0.05) is 0 Å². The molecule has 3 atom stereocenters. The molecule has 1 N–H and O–H groups in total. The van der Waals surface area contributed by atoms with Crippen LogP contribution in [0.4, 0.5) is 4.79 Å². The maximum absolute atomic E-state index is 12.2. The minimum atomic E-state index is -0.465. The molecule has 1 heterocycles. The summed E-state index contributed by atoms with van der Waals surface area (Å²) < 4.78 is 5.45. The molecule has 0 aliphatic carbocycles. The van der Waals surface area contributed by atoms with Gasteiger partial charge in [0.2, 0.25) is 0 Å². The van der Waals surface area contributed by atoms with Crippen LogP contribution in [0, 0.1) is 0 Å². The van der Waals surface area contributed by atoms with E-state index in [2.05, 4.69) is 4.90 Å². The van der Waals surface area contributed by atoms with Crippen molar-refractivity contribution in [3.05, 3.63) is 0 Å². The largest absolute Gasteiger partial charge is 0.444 e. The minimum absolute atomic E-state index is 0.0948. The lowest BCUT2D eigenvalue weighted by molar-refractivity contribution is -0.0203. The molecule has 0 spiro atoms. The zero-order chi connectivity index (χ0) is 14.8. The van der Waals surface area contributed by atoms with Gasteiger partial charge in [-0.2, -0.15) is 0 Å². The van der Waals surface area contributed by atoms with Crippen molar-refractivity contribution < 1.29 is 14.6 Å². The van der Waals surface area contributed by atoms with Crippen molar-refractivity contribution >= 4 is 6.09 Å². The molecule has 1 aliphatic heterocycles. The summed E-state index contributed by atoms with van der Waals surface area (Å²) in [5.74, 6) is 0. The fourth-order valence-corrected chi connectivity index (χ4v) is 2.63. The van der Waals surface area contributed by atoms with Crippen LogP contribution in [0.3, 0.4) is 0 Å². The van der Waals surface area contributed by atoms with Crippen LogP contribution >= 0.6 is 0 Å². The Kier molecular flexibility index (Phi) is 5.21. The van der Waals surface area contributed by atoms with Crippen LogP contribution in [0.2, 0.25) is 0 Å². The molecule has 1 fully saturated rings. The Morgan fingerprint density at radius 1 is 1.32 bits per heavy atom. The Hall–Kier alpha value is -0.810. The standard InChI is InChI=1S/C14H28N2O3/c1-10-7-15(9-12(3)17)8-11(2)16(10)13(18)19-14(4,5)6/h10-12,17H,7-9H2,1-6H3/t10-,11-,12-/m1/s1. The summed E-state index contributed by atoms with van der Waals surface area (Å²) in [4.78, 5) is 16.2. The Balaban J connectivity index is 2.65. The first-order valence-corrected chi connectivity index (χ1v) is 7.02. The van der Waals surface area contributed by atoms with Crippen LogP contribution in [0.25, 0.3) is 0 Å². The second-order valence-corrected chi connectivity index (χ2v) is 6.65. The Labute approximate surface area is 116 Å². The second kappa shape index (κ2) is 6.09. The summed E-state index contributed by atoms with van der Waals surface area (Å²) >= 11 is 0. The molecule has 112 valence electrons. The number of rotatable bonds is 2. The maximum Gasteiger partial charge on any atom is 0.410 e. The number of amides is 1. The smallest absolute Gasteiger partial charge is 0.410 e. The van der Waals surface area contributed by atoms with E-state index in [1.807, 2.05) is 39.5 Å². The highest BCUT2D eigenvalue weighted by Crippen LogP contribution is 2.19. The van der Waals surface area contributed by atoms with Gasteiger partial charge in [0, 0.05) is 31.7 Å². The summed E-state index contributed by atoms with van der Waals surface area (Å²) in [6.07, 6.45) is -0.586. The predicted molar refractivity (Wildman–Crippen MR) is 75.1 cm³/mol. The summed E-state index contributed by atoms with van der Waals surface area (Å²) in [7, 11) is 0. The Bertz CT molecular complexity index is 300. The highest BCUT2D eigenvalue weighted by molar-refractivity contribution is 5.69. The van der Waals surface area contributed by atoms with Gasteiger partial charge in [0.1, 0.15) is 5.60 Å². The molecule has 19 heavy (non-hydrogen) atoms. The van der Waals surface area contributed by atoms with Crippen molar-refractivity contribution in [1.29, 1.82) is 0 Å². The third kappa shape index (κ3) is 4.99. The number of carbonyl (C=O) groups excluding carboxylic acids is 1.